The van der Waals surface area contributed by atoms with Gasteiger partial charge in [-0.1, -0.05) is 18.2 Å². The summed E-state index contributed by atoms with van der Waals surface area (Å²) in [5.41, 5.74) is 2.33. The standard InChI is InChI=1S/C23H18N2O5/c1-28-25-20(14-22(26)30-17-6-3-2-4-7-17)19-13-16-12-15(21-8-5-11-29-21)9-10-18(16)24(19)23(25)27/h2-13,20H,14H2,1H3. The summed E-state index contributed by atoms with van der Waals surface area (Å²) < 4.78 is 12.5. The monoisotopic (exact) mass is 402 g/mol. The predicted molar refractivity (Wildman–Crippen MR) is 109 cm³/mol. The molecule has 1 unspecified atom stereocenters. The van der Waals surface area contributed by atoms with Crippen LogP contribution >= 0.6 is 0 Å². The Balaban J connectivity index is 1.49. The highest BCUT2D eigenvalue weighted by Gasteiger charge is 2.40. The summed E-state index contributed by atoms with van der Waals surface area (Å²) in [6.07, 6.45) is 1.59. The maximum Gasteiger partial charge on any atom is 0.353 e. The molecule has 1 atom stereocenters. The highest BCUT2D eigenvalue weighted by atomic mass is 16.7. The van der Waals surface area contributed by atoms with Gasteiger partial charge in [0.1, 0.15) is 17.6 Å². The second kappa shape index (κ2) is 7.20. The third-order valence-electron chi connectivity index (χ3n) is 5.17. The lowest BCUT2D eigenvalue weighted by Crippen LogP contribution is -2.30. The van der Waals surface area contributed by atoms with E-state index < -0.39 is 12.0 Å². The lowest BCUT2D eigenvalue weighted by molar-refractivity contribution is -0.143. The van der Waals surface area contributed by atoms with Gasteiger partial charge in [-0.25, -0.2) is 4.79 Å². The molecule has 0 saturated carbocycles. The fourth-order valence-electron chi connectivity index (χ4n) is 3.86. The average Bonchev–Trinajstić information content (AvgIpc) is 3.46. The first kappa shape index (κ1) is 18.2. The molecule has 0 N–H and O–H groups in total. The molecule has 4 aromatic rings. The number of carbonyl (C=O) groups excluding carboxylic acids is 2. The summed E-state index contributed by atoms with van der Waals surface area (Å²) in [6.45, 7) is 0. The number of furan rings is 1. The van der Waals surface area contributed by atoms with Crippen LogP contribution in [0.25, 0.3) is 22.2 Å². The van der Waals surface area contributed by atoms with Gasteiger partial charge in [0.15, 0.2) is 0 Å². The first-order valence-electron chi connectivity index (χ1n) is 9.48. The number of hydroxylamine groups is 2. The second-order valence-electron chi connectivity index (χ2n) is 6.95. The van der Waals surface area contributed by atoms with Gasteiger partial charge >= 0.3 is 12.0 Å². The molecule has 2 aromatic heterocycles. The van der Waals surface area contributed by atoms with Crippen molar-refractivity contribution in [2.24, 2.45) is 0 Å². The number of ether oxygens (including phenoxy) is 1. The molecule has 2 aromatic carbocycles. The maximum absolute atomic E-state index is 13.0. The Bertz CT molecular complexity index is 1230. The zero-order valence-electron chi connectivity index (χ0n) is 16.1. The molecule has 5 rings (SSSR count). The van der Waals surface area contributed by atoms with Crippen LogP contribution in [0.3, 0.4) is 0 Å². The number of carbonyl (C=O) groups is 2. The third-order valence-corrected chi connectivity index (χ3v) is 5.17. The number of esters is 1. The predicted octanol–water partition coefficient (Wildman–Crippen LogP) is 4.78. The van der Waals surface area contributed by atoms with E-state index in [1.807, 2.05) is 42.5 Å². The SMILES string of the molecule is CON1C(=O)n2c(cc3cc(-c4ccco4)ccc32)C1CC(=O)Oc1ccccc1. The van der Waals surface area contributed by atoms with E-state index in [4.69, 9.17) is 14.0 Å². The van der Waals surface area contributed by atoms with Gasteiger partial charge in [0.05, 0.1) is 31.0 Å². The lowest BCUT2D eigenvalue weighted by atomic mass is 10.1. The van der Waals surface area contributed by atoms with Gasteiger partial charge in [0.25, 0.3) is 0 Å². The molecular weight excluding hydrogens is 384 g/mol. The zero-order valence-corrected chi connectivity index (χ0v) is 16.1. The van der Waals surface area contributed by atoms with E-state index in [0.29, 0.717) is 11.4 Å². The van der Waals surface area contributed by atoms with Crippen LogP contribution in [-0.2, 0) is 9.63 Å². The summed E-state index contributed by atoms with van der Waals surface area (Å²) in [4.78, 5) is 30.8. The summed E-state index contributed by atoms with van der Waals surface area (Å²) in [6, 6.07) is 19.2. The molecule has 0 aliphatic carbocycles. The van der Waals surface area contributed by atoms with Crippen LogP contribution in [0.15, 0.2) is 77.4 Å². The summed E-state index contributed by atoms with van der Waals surface area (Å²) in [5, 5.41) is 2.09. The van der Waals surface area contributed by atoms with E-state index >= 15 is 0 Å². The minimum atomic E-state index is -0.585. The van der Waals surface area contributed by atoms with Gasteiger partial charge in [-0.3, -0.25) is 14.2 Å². The molecule has 3 heterocycles. The van der Waals surface area contributed by atoms with E-state index in [9.17, 15) is 9.59 Å². The normalized spacial score (nSPS) is 15.6. The van der Waals surface area contributed by atoms with Gasteiger partial charge in [-0.05, 0) is 48.5 Å². The summed E-state index contributed by atoms with van der Waals surface area (Å²) in [5.74, 6) is 0.756. The Morgan fingerprint density at radius 3 is 2.63 bits per heavy atom. The number of fused-ring (bicyclic) bond motifs is 3. The fraction of sp³-hybridized carbons (Fsp3) is 0.130. The minimum Gasteiger partial charge on any atom is -0.464 e. The fourth-order valence-corrected chi connectivity index (χ4v) is 3.86. The van der Waals surface area contributed by atoms with Gasteiger partial charge in [0, 0.05) is 10.9 Å². The molecule has 30 heavy (non-hydrogen) atoms. The average molecular weight is 402 g/mol. The van der Waals surface area contributed by atoms with E-state index in [-0.39, 0.29) is 12.5 Å². The van der Waals surface area contributed by atoms with Crippen molar-refractivity contribution in [1.82, 2.24) is 9.63 Å². The Kier molecular flexibility index (Phi) is 4.37. The topological polar surface area (TPSA) is 73.9 Å². The van der Waals surface area contributed by atoms with Crippen LogP contribution in [0.2, 0.25) is 0 Å². The van der Waals surface area contributed by atoms with Crippen LogP contribution in [0.5, 0.6) is 5.75 Å². The number of nitrogens with zero attached hydrogens (tertiary/aromatic N) is 2. The van der Waals surface area contributed by atoms with E-state index in [1.54, 1.807) is 35.1 Å². The van der Waals surface area contributed by atoms with Crippen molar-refractivity contribution in [1.29, 1.82) is 0 Å². The number of rotatable bonds is 5. The molecule has 0 fully saturated rings. The maximum atomic E-state index is 13.0. The minimum absolute atomic E-state index is 0.0319. The van der Waals surface area contributed by atoms with Crippen LogP contribution in [0.4, 0.5) is 4.79 Å². The lowest BCUT2D eigenvalue weighted by Gasteiger charge is -2.20. The molecule has 0 bridgehead atoms. The Labute approximate surface area is 172 Å². The van der Waals surface area contributed by atoms with Gasteiger partial charge < -0.3 is 9.15 Å². The largest absolute Gasteiger partial charge is 0.464 e. The molecule has 0 saturated heterocycles. The van der Waals surface area contributed by atoms with Crippen molar-refractivity contribution >= 4 is 22.9 Å². The second-order valence-corrected chi connectivity index (χ2v) is 6.95. The van der Waals surface area contributed by atoms with Crippen LogP contribution in [-0.4, -0.2) is 28.7 Å². The van der Waals surface area contributed by atoms with E-state index in [2.05, 4.69) is 0 Å². The number of para-hydroxylation sites is 1. The van der Waals surface area contributed by atoms with Gasteiger partial charge in [0.2, 0.25) is 0 Å². The number of amides is 1. The number of hydrogen-bond acceptors (Lipinski definition) is 5. The molecule has 1 amide bonds. The molecule has 1 aliphatic heterocycles. The van der Waals surface area contributed by atoms with Crippen molar-refractivity contribution in [2.45, 2.75) is 12.5 Å². The Morgan fingerprint density at radius 2 is 1.90 bits per heavy atom. The number of benzene rings is 2. The molecule has 0 spiro atoms. The van der Waals surface area contributed by atoms with Crippen molar-refractivity contribution in [3.8, 4) is 17.1 Å². The first-order valence-corrected chi connectivity index (χ1v) is 9.48. The zero-order chi connectivity index (χ0) is 20.7. The number of aromatic nitrogens is 1. The number of hydrogen-bond donors (Lipinski definition) is 0. The van der Waals surface area contributed by atoms with Gasteiger partial charge in [-0.2, -0.15) is 5.06 Å². The van der Waals surface area contributed by atoms with Crippen molar-refractivity contribution in [2.75, 3.05) is 7.11 Å². The highest BCUT2D eigenvalue weighted by molar-refractivity contribution is 5.97. The Morgan fingerprint density at radius 1 is 1.07 bits per heavy atom. The summed E-state index contributed by atoms with van der Waals surface area (Å²) in [7, 11) is 1.41. The van der Waals surface area contributed by atoms with Crippen LogP contribution in [0.1, 0.15) is 18.2 Å². The smallest absolute Gasteiger partial charge is 0.353 e. The third kappa shape index (κ3) is 2.96. The molecular formula is C23H18N2O5. The summed E-state index contributed by atoms with van der Waals surface area (Å²) >= 11 is 0. The molecule has 7 nitrogen and oxygen atoms in total. The molecule has 0 radical (unpaired) electrons. The molecule has 7 heteroatoms. The van der Waals surface area contributed by atoms with E-state index in [1.165, 1.54) is 12.2 Å². The van der Waals surface area contributed by atoms with Crippen molar-refractivity contribution < 1.29 is 23.6 Å². The van der Waals surface area contributed by atoms with Gasteiger partial charge in [-0.15, -0.1) is 0 Å². The quantitative estimate of drug-likeness (QED) is 0.355. The molecule has 150 valence electrons. The Hall–Kier alpha value is -3.84. The van der Waals surface area contributed by atoms with Crippen LogP contribution in [0, 0.1) is 0 Å². The van der Waals surface area contributed by atoms with Crippen molar-refractivity contribution in [3.05, 3.63) is 78.7 Å². The van der Waals surface area contributed by atoms with Crippen molar-refractivity contribution in [3.63, 3.8) is 0 Å². The first-order chi connectivity index (χ1) is 14.7. The molecule has 1 aliphatic rings. The highest BCUT2D eigenvalue weighted by Crippen LogP contribution is 2.38. The van der Waals surface area contributed by atoms with Crippen LogP contribution < -0.4 is 4.74 Å². The van der Waals surface area contributed by atoms with E-state index in [0.717, 1.165) is 22.2 Å².